The van der Waals surface area contributed by atoms with Crippen molar-refractivity contribution in [1.29, 1.82) is 0 Å². The lowest BCUT2D eigenvalue weighted by Crippen LogP contribution is -2.62. The number of amides is 2. The number of ether oxygens (including phenoxy) is 1. The highest BCUT2D eigenvalue weighted by Crippen LogP contribution is 2.20. The van der Waals surface area contributed by atoms with Crippen molar-refractivity contribution in [3.05, 3.63) is 17.5 Å². The molecule has 0 N–H and O–H groups in total. The molecule has 4 rings (SSSR count). The van der Waals surface area contributed by atoms with E-state index >= 15 is 0 Å². The Hall–Kier alpha value is -1.93. The van der Waals surface area contributed by atoms with E-state index in [1.807, 2.05) is 20.5 Å². The smallest absolute Gasteiger partial charge is 0.274 e. The first-order valence-electron chi connectivity index (χ1n) is 9.05. The molecule has 1 aromatic heterocycles. The summed E-state index contributed by atoms with van der Waals surface area (Å²) in [5, 5.41) is 4.50. The molecule has 0 radical (unpaired) electrons. The van der Waals surface area contributed by atoms with Crippen LogP contribution in [0.1, 0.15) is 29.5 Å². The molecule has 2 amide bonds. The molecule has 4 heterocycles. The first kappa shape index (κ1) is 16.5. The first-order valence-corrected chi connectivity index (χ1v) is 9.05. The first-order chi connectivity index (χ1) is 12.1. The summed E-state index contributed by atoms with van der Waals surface area (Å²) in [6, 6.07) is 2.30. The molecule has 2 saturated heterocycles. The van der Waals surface area contributed by atoms with Crippen LogP contribution in [0.3, 0.4) is 0 Å². The minimum atomic E-state index is -0.000502. The second-order valence-electron chi connectivity index (χ2n) is 7.05. The lowest BCUT2D eigenvalue weighted by atomic mass is 10.1. The van der Waals surface area contributed by atoms with E-state index in [1.165, 1.54) is 0 Å². The van der Waals surface area contributed by atoms with Crippen molar-refractivity contribution >= 4 is 11.8 Å². The van der Waals surface area contributed by atoms with Gasteiger partial charge in [0.25, 0.3) is 5.91 Å². The summed E-state index contributed by atoms with van der Waals surface area (Å²) < 4.78 is 7.27. The maximum atomic E-state index is 12.7. The van der Waals surface area contributed by atoms with Crippen molar-refractivity contribution in [3.8, 4) is 0 Å². The van der Waals surface area contributed by atoms with Gasteiger partial charge in [0.05, 0.1) is 25.5 Å². The van der Waals surface area contributed by atoms with E-state index in [2.05, 4.69) is 10.00 Å². The zero-order chi connectivity index (χ0) is 17.4. The molecular weight excluding hydrogens is 322 g/mol. The van der Waals surface area contributed by atoms with E-state index in [0.717, 1.165) is 64.6 Å². The van der Waals surface area contributed by atoms with E-state index in [1.54, 1.807) is 6.92 Å². The van der Waals surface area contributed by atoms with Gasteiger partial charge in [-0.15, -0.1) is 0 Å². The average Bonchev–Trinajstić information content (AvgIpc) is 2.86. The second kappa shape index (κ2) is 6.76. The molecule has 0 bridgehead atoms. The van der Waals surface area contributed by atoms with E-state index in [9.17, 15) is 9.59 Å². The quantitative estimate of drug-likeness (QED) is 0.740. The maximum absolute atomic E-state index is 12.7. The number of rotatable bonds is 2. The molecule has 8 nitrogen and oxygen atoms in total. The van der Waals surface area contributed by atoms with Crippen LogP contribution in [-0.2, 0) is 22.6 Å². The number of likely N-dealkylation sites (tertiary alicyclic amines) is 1. The zero-order valence-corrected chi connectivity index (χ0v) is 14.7. The van der Waals surface area contributed by atoms with Crippen LogP contribution in [0.15, 0.2) is 6.07 Å². The molecule has 25 heavy (non-hydrogen) atoms. The van der Waals surface area contributed by atoms with Gasteiger partial charge in [-0.2, -0.15) is 5.10 Å². The van der Waals surface area contributed by atoms with Crippen LogP contribution in [0.4, 0.5) is 0 Å². The number of aryl methyl sites for hydroxylation is 1. The average molecular weight is 347 g/mol. The largest absolute Gasteiger partial charge is 0.379 e. The Morgan fingerprint density at radius 3 is 2.60 bits per heavy atom. The SMILES string of the molecule is CC(=O)N1CCCn2nc(C(=O)N3CC(N4CCOCC4)C3)cc2C1. The van der Waals surface area contributed by atoms with Crippen LogP contribution < -0.4 is 0 Å². The van der Waals surface area contributed by atoms with Gasteiger partial charge in [0.1, 0.15) is 0 Å². The number of nitrogens with zero attached hydrogens (tertiary/aromatic N) is 5. The fourth-order valence-corrected chi connectivity index (χ4v) is 3.79. The molecule has 0 unspecified atom stereocenters. The lowest BCUT2D eigenvalue weighted by molar-refractivity contribution is -0.129. The maximum Gasteiger partial charge on any atom is 0.274 e. The van der Waals surface area contributed by atoms with E-state index in [-0.39, 0.29) is 11.8 Å². The predicted octanol–water partition coefficient (Wildman–Crippen LogP) is -0.208. The number of carbonyl (C=O) groups is 2. The third-order valence-corrected chi connectivity index (χ3v) is 5.39. The van der Waals surface area contributed by atoms with Gasteiger partial charge in [0.15, 0.2) is 5.69 Å². The number of fused-ring (bicyclic) bond motifs is 1. The van der Waals surface area contributed by atoms with Crippen molar-refractivity contribution in [2.24, 2.45) is 0 Å². The summed E-state index contributed by atoms with van der Waals surface area (Å²) in [5.41, 5.74) is 1.45. The number of morpholine rings is 1. The van der Waals surface area contributed by atoms with E-state index in [0.29, 0.717) is 18.3 Å². The van der Waals surface area contributed by atoms with Crippen LogP contribution in [0.25, 0.3) is 0 Å². The van der Waals surface area contributed by atoms with Crippen molar-refractivity contribution in [2.45, 2.75) is 32.5 Å². The van der Waals surface area contributed by atoms with Gasteiger partial charge in [0.2, 0.25) is 5.91 Å². The van der Waals surface area contributed by atoms with E-state index < -0.39 is 0 Å². The summed E-state index contributed by atoms with van der Waals surface area (Å²) in [4.78, 5) is 30.4. The Labute approximate surface area is 147 Å². The van der Waals surface area contributed by atoms with Crippen LogP contribution >= 0.6 is 0 Å². The number of carbonyl (C=O) groups excluding carboxylic acids is 2. The highest BCUT2D eigenvalue weighted by molar-refractivity contribution is 5.93. The number of aromatic nitrogens is 2. The minimum Gasteiger partial charge on any atom is -0.379 e. The third kappa shape index (κ3) is 3.28. The Bertz CT molecular complexity index is 661. The molecule has 3 aliphatic heterocycles. The van der Waals surface area contributed by atoms with Crippen molar-refractivity contribution in [1.82, 2.24) is 24.5 Å². The van der Waals surface area contributed by atoms with Crippen LogP contribution in [0.5, 0.6) is 0 Å². The Kier molecular flexibility index (Phi) is 4.47. The summed E-state index contributed by atoms with van der Waals surface area (Å²) in [5.74, 6) is 0.0677. The predicted molar refractivity (Wildman–Crippen MR) is 90.0 cm³/mol. The van der Waals surface area contributed by atoms with Gasteiger partial charge in [-0.05, 0) is 12.5 Å². The molecule has 136 valence electrons. The molecule has 1 aromatic rings. The highest BCUT2D eigenvalue weighted by Gasteiger charge is 2.36. The van der Waals surface area contributed by atoms with Gasteiger partial charge in [-0.25, -0.2) is 0 Å². The fourth-order valence-electron chi connectivity index (χ4n) is 3.79. The normalized spacial score (nSPS) is 22.3. The standard InChI is InChI=1S/C17H25N5O3/c1-13(23)20-3-2-4-22-14(10-20)9-16(18-22)17(24)21-11-15(12-21)19-5-7-25-8-6-19/h9,15H,2-8,10-12H2,1H3. The molecule has 0 saturated carbocycles. The number of hydrogen-bond acceptors (Lipinski definition) is 5. The summed E-state index contributed by atoms with van der Waals surface area (Å²) in [7, 11) is 0. The molecule has 0 atom stereocenters. The molecule has 0 aromatic carbocycles. The molecule has 2 fully saturated rings. The summed E-state index contributed by atoms with van der Waals surface area (Å²) in [6.07, 6.45) is 0.866. The van der Waals surface area contributed by atoms with Crippen molar-refractivity contribution < 1.29 is 14.3 Å². The van der Waals surface area contributed by atoms with Gasteiger partial charge < -0.3 is 14.5 Å². The molecule has 8 heteroatoms. The van der Waals surface area contributed by atoms with E-state index in [4.69, 9.17) is 4.74 Å². The van der Waals surface area contributed by atoms with Crippen molar-refractivity contribution in [2.75, 3.05) is 45.9 Å². The summed E-state index contributed by atoms with van der Waals surface area (Å²) >= 11 is 0. The lowest BCUT2D eigenvalue weighted by Gasteiger charge is -2.46. The highest BCUT2D eigenvalue weighted by atomic mass is 16.5. The Balaban J connectivity index is 1.39. The monoisotopic (exact) mass is 347 g/mol. The Morgan fingerprint density at radius 2 is 1.88 bits per heavy atom. The topological polar surface area (TPSA) is 70.9 Å². The molecular formula is C17H25N5O3. The van der Waals surface area contributed by atoms with Crippen LogP contribution in [-0.4, -0.2) is 88.3 Å². The van der Waals surface area contributed by atoms with Crippen LogP contribution in [0.2, 0.25) is 0 Å². The van der Waals surface area contributed by atoms with Gasteiger partial charge in [-0.1, -0.05) is 0 Å². The molecule has 3 aliphatic rings. The van der Waals surface area contributed by atoms with Crippen LogP contribution in [0, 0.1) is 0 Å². The second-order valence-corrected chi connectivity index (χ2v) is 7.05. The zero-order valence-electron chi connectivity index (χ0n) is 14.7. The van der Waals surface area contributed by atoms with Gasteiger partial charge in [-0.3, -0.25) is 19.2 Å². The molecule has 0 aliphatic carbocycles. The minimum absolute atomic E-state index is 0.000502. The molecule has 0 spiro atoms. The Morgan fingerprint density at radius 1 is 1.12 bits per heavy atom. The fraction of sp³-hybridized carbons (Fsp3) is 0.706. The van der Waals surface area contributed by atoms with Crippen molar-refractivity contribution in [3.63, 3.8) is 0 Å². The van der Waals surface area contributed by atoms with Gasteiger partial charge >= 0.3 is 0 Å². The summed E-state index contributed by atoms with van der Waals surface area (Å²) in [6.45, 7) is 8.61. The van der Waals surface area contributed by atoms with Gasteiger partial charge in [0, 0.05) is 52.2 Å². The number of hydrogen-bond donors (Lipinski definition) is 0. The third-order valence-electron chi connectivity index (χ3n) is 5.39.